The van der Waals surface area contributed by atoms with Gasteiger partial charge in [0.1, 0.15) is 0 Å². The van der Waals surface area contributed by atoms with Crippen LogP contribution < -0.4 is 14.7 Å². The summed E-state index contributed by atoms with van der Waals surface area (Å²) in [6.07, 6.45) is 0. The first-order valence-electron chi connectivity index (χ1n) is 21.9. The molecule has 3 heterocycles. The quantitative estimate of drug-likeness (QED) is 0.169. The van der Waals surface area contributed by atoms with E-state index in [0.29, 0.717) is 17.9 Å². The molecular weight excluding hydrogens is 823 g/mol. The summed E-state index contributed by atoms with van der Waals surface area (Å²) in [5.41, 5.74) is 13.0. The number of rotatable bonds is 5. The minimum absolute atomic E-state index is 0.471. The number of nitrogens with zero attached hydrogens (tertiary/aromatic N) is 3. The molecule has 0 aliphatic carbocycles. The standard InChI is InChI=1S/2C21H19NS.C15H15NS/c1-15(2)17-11-8-14-20-21(17)22(16-9-4-3-5-10-16)18-12-6-7-13-19(18)23-20;1-15(2)16-12-13-21-19(14-16)22(17-8-4-3-5-9-17)18-10-6-7-11-20(18)23-21;1-11(2)16-12-7-3-5-9-14(12)17-15-10-6-4-8-13(15)16/h2*3-15H,1-2H3;3-11H,1-2H3. The van der Waals surface area contributed by atoms with Crippen LogP contribution in [0.2, 0.25) is 0 Å². The minimum atomic E-state index is 0.471. The normalized spacial score (nSPS) is 13.1. The molecule has 0 unspecified atom stereocenters. The molecule has 6 heteroatoms. The molecule has 0 aromatic heterocycles. The van der Waals surface area contributed by atoms with Gasteiger partial charge in [0.15, 0.2) is 0 Å². The lowest BCUT2D eigenvalue weighted by Gasteiger charge is -2.35. The van der Waals surface area contributed by atoms with Gasteiger partial charge in [0.05, 0.1) is 34.1 Å². The zero-order valence-electron chi connectivity index (χ0n) is 36.8. The van der Waals surface area contributed by atoms with Crippen molar-refractivity contribution in [3.63, 3.8) is 0 Å². The number of para-hydroxylation sites is 7. The highest BCUT2D eigenvalue weighted by molar-refractivity contribution is 8.00. The van der Waals surface area contributed by atoms with Crippen molar-refractivity contribution < 1.29 is 0 Å². The molecule has 0 saturated carbocycles. The number of anilines is 8. The maximum absolute atomic E-state index is 2.42. The van der Waals surface area contributed by atoms with Crippen LogP contribution in [0.3, 0.4) is 0 Å². The average molecular weight is 876 g/mol. The fraction of sp³-hybridized carbons (Fsp3) is 0.158. The molecule has 0 saturated heterocycles. The Morgan fingerprint density at radius 2 is 0.746 bits per heavy atom. The van der Waals surface area contributed by atoms with Gasteiger partial charge in [0.25, 0.3) is 0 Å². The van der Waals surface area contributed by atoms with Crippen molar-refractivity contribution in [3.8, 4) is 0 Å². The van der Waals surface area contributed by atoms with Crippen LogP contribution >= 0.6 is 35.3 Å². The Hall–Kier alpha value is -5.79. The Morgan fingerprint density at radius 1 is 0.333 bits per heavy atom. The fourth-order valence-electron chi connectivity index (χ4n) is 8.41. The smallest absolute Gasteiger partial charge is 0.0636 e. The highest BCUT2D eigenvalue weighted by Gasteiger charge is 2.29. The van der Waals surface area contributed by atoms with Crippen molar-refractivity contribution in [1.29, 1.82) is 0 Å². The van der Waals surface area contributed by atoms with E-state index >= 15 is 0 Å². The van der Waals surface area contributed by atoms with Crippen molar-refractivity contribution in [2.75, 3.05) is 14.7 Å². The van der Waals surface area contributed by atoms with Gasteiger partial charge in [-0.2, -0.15) is 0 Å². The molecule has 3 aliphatic heterocycles. The van der Waals surface area contributed by atoms with Crippen molar-refractivity contribution in [3.05, 3.63) is 205 Å². The Balaban J connectivity index is 0.000000122. The van der Waals surface area contributed by atoms with Crippen LogP contribution in [0.1, 0.15) is 64.5 Å². The Labute approximate surface area is 387 Å². The average Bonchev–Trinajstić information content (AvgIpc) is 3.32. The minimum Gasteiger partial charge on any atom is -0.337 e. The van der Waals surface area contributed by atoms with Gasteiger partial charge in [0, 0.05) is 46.8 Å². The first-order chi connectivity index (χ1) is 30.8. The second kappa shape index (κ2) is 18.9. The lowest BCUT2D eigenvalue weighted by Crippen LogP contribution is -2.27. The summed E-state index contributed by atoms with van der Waals surface area (Å²) < 4.78 is 0. The molecule has 3 aliphatic rings. The first kappa shape index (κ1) is 42.5. The molecule has 8 aromatic rings. The Kier molecular flexibility index (Phi) is 12.8. The van der Waals surface area contributed by atoms with Gasteiger partial charge >= 0.3 is 0 Å². The zero-order valence-corrected chi connectivity index (χ0v) is 39.2. The van der Waals surface area contributed by atoms with E-state index in [4.69, 9.17) is 0 Å². The predicted molar refractivity (Wildman–Crippen MR) is 273 cm³/mol. The van der Waals surface area contributed by atoms with E-state index in [1.165, 1.54) is 86.0 Å². The lowest BCUT2D eigenvalue weighted by molar-refractivity contribution is 0.773. The monoisotopic (exact) mass is 875 g/mol. The van der Waals surface area contributed by atoms with Gasteiger partial charge in [-0.05, 0) is 128 Å². The number of fused-ring (bicyclic) bond motifs is 6. The van der Waals surface area contributed by atoms with E-state index in [1.54, 1.807) is 0 Å². The van der Waals surface area contributed by atoms with E-state index in [1.807, 2.05) is 35.3 Å². The van der Waals surface area contributed by atoms with Crippen molar-refractivity contribution in [2.45, 2.75) is 88.8 Å². The maximum atomic E-state index is 2.42. The highest BCUT2D eigenvalue weighted by Crippen LogP contribution is 2.54. The van der Waals surface area contributed by atoms with Crippen molar-refractivity contribution in [2.24, 2.45) is 0 Å². The van der Waals surface area contributed by atoms with E-state index < -0.39 is 0 Å². The molecule has 63 heavy (non-hydrogen) atoms. The maximum Gasteiger partial charge on any atom is 0.0636 e. The third-order valence-electron chi connectivity index (χ3n) is 11.4. The van der Waals surface area contributed by atoms with Crippen LogP contribution in [-0.4, -0.2) is 6.04 Å². The topological polar surface area (TPSA) is 9.72 Å². The molecule has 0 radical (unpaired) electrons. The Morgan fingerprint density at radius 3 is 1.25 bits per heavy atom. The van der Waals surface area contributed by atoms with Crippen LogP contribution in [-0.2, 0) is 0 Å². The molecule has 0 bridgehead atoms. The van der Waals surface area contributed by atoms with E-state index in [2.05, 4.69) is 250 Å². The second-order valence-corrected chi connectivity index (χ2v) is 20.0. The largest absolute Gasteiger partial charge is 0.337 e. The molecule has 0 N–H and O–H groups in total. The number of benzene rings is 8. The number of hydrogen-bond acceptors (Lipinski definition) is 6. The highest BCUT2D eigenvalue weighted by atomic mass is 32.2. The van der Waals surface area contributed by atoms with E-state index in [0.717, 1.165) is 0 Å². The summed E-state index contributed by atoms with van der Waals surface area (Å²) in [7, 11) is 0. The van der Waals surface area contributed by atoms with Crippen LogP contribution in [0, 0.1) is 0 Å². The summed E-state index contributed by atoms with van der Waals surface area (Å²) in [4.78, 5) is 15.2. The fourth-order valence-corrected chi connectivity index (χ4v) is 11.6. The van der Waals surface area contributed by atoms with Crippen molar-refractivity contribution in [1.82, 2.24) is 0 Å². The van der Waals surface area contributed by atoms with Crippen LogP contribution in [0.25, 0.3) is 0 Å². The van der Waals surface area contributed by atoms with Crippen molar-refractivity contribution >= 4 is 80.8 Å². The van der Waals surface area contributed by atoms with Crippen LogP contribution in [0.15, 0.2) is 223 Å². The van der Waals surface area contributed by atoms with Gasteiger partial charge < -0.3 is 14.7 Å². The zero-order chi connectivity index (χ0) is 43.5. The summed E-state index contributed by atoms with van der Waals surface area (Å²) in [5, 5.41) is 0. The van der Waals surface area contributed by atoms with E-state index in [-0.39, 0.29) is 0 Å². The predicted octanol–water partition coefficient (Wildman–Crippen LogP) is 18.2. The Bertz CT molecular complexity index is 2790. The molecule has 0 atom stereocenters. The van der Waals surface area contributed by atoms with Crippen LogP contribution in [0.4, 0.5) is 45.5 Å². The van der Waals surface area contributed by atoms with Crippen LogP contribution in [0.5, 0.6) is 0 Å². The second-order valence-electron chi connectivity index (χ2n) is 16.7. The SMILES string of the molecule is CC(C)N1c2ccccc2Sc2ccccc21.CC(C)c1ccc2c(c1)N(c1ccccc1)c1ccccc1S2.CC(C)c1cccc2c1N(c1ccccc1)c1ccccc1S2. The lowest BCUT2D eigenvalue weighted by atomic mass is 9.99. The van der Waals surface area contributed by atoms with Gasteiger partial charge in [-0.25, -0.2) is 0 Å². The summed E-state index contributed by atoms with van der Waals surface area (Å²) >= 11 is 5.59. The van der Waals surface area contributed by atoms with E-state index in [9.17, 15) is 0 Å². The molecule has 11 rings (SSSR count). The van der Waals surface area contributed by atoms with Gasteiger partial charge in [-0.3, -0.25) is 0 Å². The first-order valence-corrected chi connectivity index (χ1v) is 24.4. The third-order valence-corrected chi connectivity index (χ3v) is 14.8. The van der Waals surface area contributed by atoms with Gasteiger partial charge in [-0.15, -0.1) is 0 Å². The molecule has 314 valence electrons. The third kappa shape index (κ3) is 8.77. The summed E-state index contributed by atoms with van der Waals surface area (Å²) in [6.45, 7) is 13.5. The molecule has 3 nitrogen and oxygen atoms in total. The molecular formula is C57H53N3S3. The molecule has 0 amide bonds. The number of hydrogen-bond donors (Lipinski definition) is 0. The molecule has 8 aromatic carbocycles. The van der Waals surface area contributed by atoms with Gasteiger partial charge in [-0.1, -0.05) is 166 Å². The molecule has 0 fully saturated rings. The summed E-state index contributed by atoms with van der Waals surface area (Å²) in [5.74, 6) is 1.02. The summed E-state index contributed by atoms with van der Waals surface area (Å²) in [6, 6.07) is 69.9. The van der Waals surface area contributed by atoms with Gasteiger partial charge in [0.2, 0.25) is 0 Å². The molecule has 0 spiro atoms.